The fourth-order valence-corrected chi connectivity index (χ4v) is 1.76. The van der Waals surface area contributed by atoms with Gasteiger partial charge in [-0.25, -0.2) is 15.0 Å². The van der Waals surface area contributed by atoms with Gasteiger partial charge < -0.3 is 8.83 Å². The van der Waals surface area contributed by atoms with Gasteiger partial charge in [0.1, 0.15) is 18.2 Å². The van der Waals surface area contributed by atoms with Gasteiger partial charge in [0, 0.05) is 11.6 Å². The molecule has 0 aliphatic rings. The smallest absolute Gasteiger partial charge is 0.244 e. The standard InChI is InChI=1S/C11H12N2O.C6H9NO/c1-8(2)9-4-3-5-10(13-9)11-12-6-7-14-11;1-5(2)6-7-3-4-8-6/h3-8H,1-2H3;3-5H,1-2H3. The second kappa shape index (κ2) is 7.54. The molecule has 0 spiro atoms. The molecule has 3 rings (SSSR count). The molecule has 22 heavy (non-hydrogen) atoms. The van der Waals surface area contributed by atoms with Crippen molar-refractivity contribution in [3.8, 4) is 11.6 Å². The summed E-state index contributed by atoms with van der Waals surface area (Å²) >= 11 is 0. The Hall–Kier alpha value is -2.43. The van der Waals surface area contributed by atoms with Gasteiger partial charge in [0.05, 0.1) is 12.4 Å². The molecule has 0 saturated carbocycles. The first-order chi connectivity index (χ1) is 10.6. The van der Waals surface area contributed by atoms with Crippen molar-refractivity contribution in [3.63, 3.8) is 0 Å². The van der Waals surface area contributed by atoms with Crippen LogP contribution in [0.3, 0.4) is 0 Å². The Kier molecular flexibility index (Phi) is 5.47. The zero-order chi connectivity index (χ0) is 15.9. The second-order valence-electron chi connectivity index (χ2n) is 5.46. The molecule has 0 fully saturated rings. The molecule has 0 atom stereocenters. The number of nitrogens with zero attached hydrogens (tertiary/aromatic N) is 3. The van der Waals surface area contributed by atoms with Crippen LogP contribution in [0.5, 0.6) is 0 Å². The van der Waals surface area contributed by atoms with Crippen molar-refractivity contribution >= 4 is 0 Å². The van der Waals surface area contributed by atoms with Gasteiger partial charge in [0.2, 0.25) is 5.89 Å². The van der Waals surface area contributed by atoms with Crippen molar-refractivity contribution in [1.82, 2.24) is 15.0 Å². The molecule has 0 amide bonds. The molecule has 5 heteroatoms. The predicted octanol–water partition coefficient (Wildman–Crippen LogP) is 4.66. The highest BCUT2D eigenvalue weighted by molar-refractivity contribution is 5.46. The van der Waals surface area contributed by atoms with E-state index in [4.69, 9.17) is 8.83 Å². The lowest BCUT2D eigenvalue weighted by Gasteiger charge is -2.04. The summed E-state index contributed by atoms with van der Waals surface area (Å²) < 4.78 is 10.2. The highest BCUT2D eigenvalue weighted by Crippen LogP contribution is 2.18. The third-order valence-electron chi connectivity index (χ3n) is 2.96. The van der Waals surface area contributed by atoms with Gasteiger partial charge in [-0.2, -0.15) is 0 Å². The van der Waals surface area contributed by atoms with E-state index in [1.165, 1.54) is 0 Å². The largest absolute Gasteiger partial charge is 0.449 e. The summed E-state index contributed by atoms with van der Waals surface area (Å²) in [6.07, 6.45) is 6.43. The van der Waals surface area contributed by atoms with E-state index in [0.29, 0.717) is 17.7 Å². The van der Waals surface area contributed by atoms with E-state index in [2.05, 4.69) is 28.8 Å². The van der Waals surface area contributed by atoms with Gasteiger partial charge in [-0.15, -0.1) is 0 Å². The molecule has 0 aromatic carbocycles. The van der Waals surface area contributed by atoms with Gasteiger partial charge >= 0.3 is 0 Å². The van der Waals surface area contributed by atoms with E-state index < -0.39 is 0 Å². The maximum atomic E-state index is 5.18. The zero-order valence-corrected chi connectivity index (χ0v) is 13.4. The summed E-state index contributed by atoms with van der Waals surface area (Å²) in [7, 11) is 0. The van der Waals surface area contributed by atoms with Crippen molar-refractivity contribution in [1.29, 1.82) is 0 Å². The lowest BCUT2D eigenvalue weighted by atomic mass is 10.1. The second-order valence-corrected chi connectivity index (χ2v) is 5.46. The summed E-state index contributed by atoms with van der Waals surface area (Å²) in [6.45, 7) is 8.32. The molecule has 5 nitrogen and oxygen atoms in total. The first-order valence-electron chi connectivity index (χ1n) is 7.34. The highest BCUT2D eigenvalue weighted by Gasteiger charge is 2.06. The molecule has 0 aliphatic heterocycles. The van der Waals surface area contributed by atoms with Gasteiger partial charge in [0.15, 0.2) is 5.89 Å². The maximum Gasteiger partial charge on any atom is 0.244 e. The molecule has 0 saturated heterocycles. The van der Waals surface area contributed by atoms with Gasteiger partial charge in [-0.1, -0.05) is 33.8 Å². The SMILES string of the molecule is CC(C)c1cccc(-c2ncco2)n1.CC(C)c1ncco1. The Labute approximate surface area is 130 Å². The van der Waals surface area contributed by atoms with E-state index in [9.17, 15) is 0 Å². The van der Waals surface area contributed by atoms with Crippen LogP contribution in [0.4, 0.5) is 0 Å². The van der Waals surface area contributed by atoms with E-state index in [1.54, 1.807) is 24.9 Å². The number of hydrogen-bond acceptors (Lipinski definition) is 5. The Balaban J connectivity index is 0.000000188. The average Bonchev–Trinajstić information content (AvgIpc) is 3.21. The highest BCUT2D eigenvalue weighted by atomic mass is 16.3. The minimum Gasteiger partial charge on any atom is -0.449 e. The number of oxazole rings is 2. The molecule has 0 radical (unpaired) electrons. The van der Waals surface area contributed by atoms with E-state index in [-0.39, 0.29) is 0 Å². The number of pyridine rings is 1. The summed E-state index contributed by atoms with van der Waals surface area (Å²) in [4.78, 5) is 12.5. The van der Waals surface area contributed by atoms with Crippen molar-refractivity contribution in [2.24, 2.45) is 0 Å². The maximum absolute atomic E-state index is 5.18. The summed E-state index contributed by atoms with van der Waals surface area (Å²) in [5, 5.41) is 0. The molecule has 3 aromatic heterocycles. The van der Waals surface area contributed by atoms with Gasteiger partial charge in [-0.3, -0.25) is 0 Å². The van der Waals surface area contributed by atoms with Crippen molar-refractivity contribution in [2.45, 2.75) is 39.5 Å². The lowest BCUT2D eigenvalue weighted by Crippen LogP contribution is -1.93. The molecular weight excluding hydrogens is 278 g/mol. The van der Waals surface area contributed by atoms with Gasteiger partial charge in [0.25, 0.3) is 0 Å². The topological polar surface area (TPSA) is 65.0 Å². The van der Waals surface area contributed by atoms with Crippen LogP contribution in [-0.4, -0.2) is 15.0 Å². The molecular formula is C17H21N3O2. The first-order valence-corrected chi connectivity index (χ1v) is 7.34. The summed E-state index contributed by atoms with van der Waals surface area (Å²) in [6, 6.07) is 5.89. The number of rotatable bonds is 3. The Morgan fingerprint density at radius 2 is 1.59 bits per heavy atom. The normalized spacial score (nSPS) is 10.6. The van der Waals surface area contributed by atoms with Crippen LogP contribution in [0.25, 0.3) is 11.6 Å². The van der Waals surface area contributed by atoms with Crippen LogP contribution < -0.4 is 0 Å². The predicted molar refractivity (Wildman–Crippen MR) is 84.4 cm³/mol. The van der Waals surface area contributed by atoms with E-state index >= 15 is 0 Å². The minimum atomic E-state index is 0.407. The summed E-state index contributed by atoms with van der Waals surface area (Å²) in [5.74, 6) is 2.22. The minimum absolute atomic E-state index is 0.407. The Morgan fingerprint density at radius 3 is 2.09 bits per heavy atom. The van der Waals surface area contributed by atoms with Crippen molar-refractivity contribution in [3.05, 3.63) is 54.7 Å². The molecule has 0 aliphatic carbocycles. The van der Waals surface area contributed by atoms with Crippen LogP contribution in [0.15, 0.2) is 52.0 Å². The van der Waals surface area contributed by atoms with Crippen LogP contribution in [-0.2, 0) is 0 Å². The monoisotopic (exact) mass is 299 g/mol. The summed E-state index contributed by atoms with van der Waals surface area (Å²) in [5.41, 5.74) is 1.85. The molecule has 0 bridgehead atoms. The molecule has 3 heterocycles. The molecule has 0 N–H and O–H groups in total. The van der Waals surface area contributed by atoms with Crippen LogP contribution >= 0.6 is 0 Å². The third-order valence-corrected chi connectivity index (χ3v) is 2.96. The first kappa shape index (κ1) is 15.9. The van der Waals surface area contributed by atoms with Crippen LogP contribution in [0, 0.1) is 0 Å². The third kappa shape index (κ3) is 4.28. The number of hydrogen-bond donors (Lipinski definition) is 0. The Morgan fingerprint density at radius 1 is 0.864 bits per heavy atom. The van der Waals surface area contributed by atoms with Gasteiger partial charge in [-0.05, 0) is 18.1 Å². The molecule has 116 valence electrons. The number of aromatic nitrogens is 3. The lowest BCUT2D eigenvalue weighted by molar-refractivity contribution is 0.471. The fraction of sp³-hybridized carbons (Fsp3) is 0.353. The Bertz CT molecular complexity index is 659. The van der Waals surface area contributed by atoms with Crippen molar-refractivity contribution < 1.29 is 8.83 Å². The molecule has 3 aromatic rings. The zero-order valence-electron chi connectivity index (χ0n) is 13.4. The quantitative estimate of drug-likeness (QED) is 0.703. The van der Waals surface area contributed by atoms with E-state index in [0.717, 1.165) is 17.3 Å². The van der Waals surface area contributed by atoms with Crippen LogP contribution in [0.1, 0.15) is 51.1 Å². The molecule has 0 unspecified atom stereocenters. The van der Waals surface area contributed by atoms with Crippen molar-refractivity contribution in [2.75, 3.05) is 0 Å². The van der Waals surface area contributed by atoms with Crippen LogP contribution in [0.2, 0.25) is 0 Å². The fourth-order valence-electron chi connectivity index (χ4n) is 1.76. The van der Waals surface area contributed by atoms with E-state index in [1.807, 2.05) is 32.0 Å². The average molecular weight is 299 g/mol.